The number of ether oxygens (including phenoxy) is 1. The molecule has 0 saturated heterocycles. The van der Waals surface area contributed by atoms with E-state index in [4.69, 9.17) is 4.74 Å². The van der Waals surface area contributed by atoms with E-state index >= 15 is 0 Å². The van der Waals surface area contributed by atoms with Gasteiger partial charge in [-0.25, -0.2) is 0 Å². The number of carbonyl (C=O) groups excluding carboxylic acids is 1. The first-order chi connectivity index (χ1) is 11.7. The summed E-state index contributed by atoms with van der Waals surface area (Å²) >= 11 is 0. The Balaban J connectivity index is 1.96. The molecule has 2 aromatic carbocycles. The molecule has 0 bridgehead atoms. The van der Waals surface area contributed by atoms with Crippen molar-refractivity contribution in [2.24, 2.45) is 0 Å². The van der Waals surface area contributed by atoms with Gasteiger partial charge in [0.1, 0.15) is 0 Å². The van der Waals surface area contributed by atoms with Gasteiger partial charge in [-0.1, -0.05) is 48.5 Å². The van der Waals surface area contributed by atoms with Crippen LogP contribution in [0.3, 0.4) is 0 Å². The lowest BCUT2D eigenvalue weighted by Gasteiger charge is -2.22. The number of hydrogen-bond acceptors (Lipinski definition) is 3. The number of ketones is 1. The Hall–Kier alpha value is -2.43. The highest BCUT2D eigenvalue weighted by atomic mass is 16.5. The van der Waals surface area contributed by atoms with E-state index in [2.05, 4.69) is 10.3 Å². The van der Waals surface area contributed by atoms with Gasteiger partial charge in [0.2, 0.25) is 0 Å². The van der Waals surface area contributed by atoms with E-state index in [-0.39, 0.29) is 11.8 Å². The highest BCUT2D eigenvalue weighted by molar-refractivity contribution is 6.10. The molecule has 2 atom stereocenters. The number of para-hydroxylation sites is 1. The minimum absolute atomic E-state index is 0.0570. The summed E-state index contributed by atoms with van der Waals surface area (Å²) < 4.78 is 5.20. The number of nitrogens with one attached hydrogen (secondary N) is 2. The maximum absolute atomic E-state index is 13.2. The third-order valence-electron chi connectivity index (χ3n) is 4.12. The van der Waals surface area contributed by atoms with E-state index in [1.54, 1.807) is 13.3 Å². The average molecular weight is 322 g/mol. The molecule has 1 aromatic heterocycles. The summed E-state index contributed by atoms with van der Waals surface area (Å²) in [5.41, 5.74) is 2.63. The molecule has 2 N–H and O–H groups in total. The Bertz CT molecular complexity index is 811. The smallest absolute Gasteiger partial charge is 0.186 e. The van der Waals surface area contributed by atoms with Crippen LogP contribution in [-0.4, -0.2) is 30.5 Å². The predicted molar refractivity (Wildman–Crippen MR) is 96.3 cm³/mol. The summed E-state index contributed by atoms with van der Waals surface area (Å²) in [6, 6.07) is 17.3. The molecule has 3 aromatic rings. The maximum Gasteiger partial charge on any atom is 0.186 e. The molecule has 0 fully saturated rings. The van der Waals surface area contributed by atoms with E-state index in [0.717, 1.165) is 16.5 Å². The Morgan fingerprint density at radius 2 is 1.83 bits per heavy atom. The van der Waals surface area contributed by atoms with Crippen LogP contribution in [0.5, 0.6) is 0 Å². The number of aromatic amines is 1. The zero-order valence-electron chi connectivity index (χ0n) is 14.0. The lowest BCUT2D eigenvalue weighted by atomic mass is 9.96. The average Bonchev–Trinajstić information content (AvgIpc) is 3.04. The zero-order valence-corrected chi connectivity index (χ0v) is 14.0. The summed E-state index contributed by atoms with van der Waals surface area (Å²) in [6.07, 6.45) is 1.80. The number of H-pyrrole nitrogens is 1. The molecule has 0 aliphatic carbocycles. The normalized spacial score (nSPS) is 13.8. The SMILES string of the molecule is COC[C@H](C)N[C@@H](C(=O)c1c[nH]c2ccccc12)c1ccccc1. The molecule has 0 aliphatic heterocycles. The van der Waals surface area contributed by atoms with Crippen LogP contribution < -0.4 is 5.32 Å². The minimum Gasteiger partial charge on any atom is -0.383 e. The van der Waals surface area contributed by atoms with E-state index < -0.39 is 6.04 Å². The zero-order chi connectivity index (χ0) is 16.9. The number of fused-ring (bicyclic) bond motifs is 1. The second-order valence-corrected chi connectivity index (χ2v) is 5.98. The summed E-state index contributed by atoms with van der Waals surface area (Å²) in [7, 11) is 1.66. The van der Waals surface area contributed by atoms with Gasteiger partial charge in [0.25, 0.3) is 0 Å². The number of aromatic nitrogens is 1. The van der Waals surface area contributed by atoms with Crippen molar-refractivity contribution in [1.29, 1.82) is 0 Å². The van der Waals surface area contributed by atoms with Crippen molar-refractivity contribution in [2.75, 3.05) is 13.7 Å². The molecule has 4 nitrogen and oxygen atoms in total. The van der Waals surface area contributed by atoms with Crippen molar-refractivity contribution in [3.05, 3.63) is 71.9 Å². The van der Waals surface area contributed by atoms with Crippen LogP contribution >= 0.6 is 0 Å². The lowest BCUT2D eigenvalue weighted by Crippen LogP contribution is -2.37. The monoisotopic (exact) mass is 322 g/mol. The number of Topliss-reactive ketones (excluding diaryl/α,β-unsaturated/α-hetero) is 1. The number of methoxy groups -OCH3 is 1. The number of carbonyl (C=O) groups is 1. The molecule has 0 amide bonds. The van der Waals surface area contributed by atoms with Crippen LogP contribution in [0, 0.1) is 0 Å². The van der Waals surface area contributed by atoms with Crippen molar-refractivity contribution in [2.45, 2.75) is 19.0 Å². The van der Waals surface area contributed by atoms with Crippen LogP contribution in [0.15, 0.2) is 60.8 Å². The molecule has 0 radical (unpaired) electrons. The Morgan fingerprint density at radius 3 is 2.58 bits per heavy atom. The number of rotatable bonds is 7. The maximum atomic E-state index is 13.2. The van der Waals surface area contributed by atoms with Crippen LogP contribution in [0.2, 0.25) is 0 Å². The summed E-state index contributed by atoms with van der Waals surface area (Å²) in [4.78, 5) is 16.4. The first-order valence-electron chi connectivity index (χ1n) is 8.11. The van der Waals surface area contributed by atoms with Crippen molar-refractivity contribution >= 4 is 16.7 Å². The van der Waals surface area contributed by atoms with Gasteiger partial charge >= 0.3 is 0 Å². The molecule has 1 heterocycles. The van der Waals surface area contributed by atoms with E-state index in [1.165, 1.54) is 0 Å². The van der Waals surface area contributed by atoms with Crippen LogP contribution in [0.25, 0.3) is 10.9 Å². The quantitative estimate of drug-likeness (QED) is 0.652. The Kier molecular flexibility index (Phi) is 5.08. The fourth-order valence-electron chi connectivity index (χ4n) is 2.98. The molecule has 0 saturated carbocycles. The van der Waals surface area contributed by atoms with E-state index in [1.807, 2.05) is 61.5 Å². The predicted octanol–water partition coefficient (Wildman–Crippen LogP) is 3.72. The van der Waals surface area contributed by atoms with E-state index in [0.29, 0.717) is 12.2 Å². The molecule has 0 spiro atoms. The van der Waals surface area contributed by atoms with Crippen molar-refractivity contribution < 1.29 is 9.53 Å². The fourth-order valence-corrected chi connectivity index (χ4v) is 2.98. The largest absolute Gasteiger partial charge is 0.383 e. The Morgan fingerprint density at radius 1 is 1.12 bits per heavy atom. The van der Waals surface area contributed by atoms with Crippen molar-refractivity contribution in [3.8, 4) is 0 Å². The highest BCUT2D eigenvalue weighted by Gasteiger charge is 2.25. The summed E-state index contributed by atoms with van der Waals surface area (Å²) in [5, 5.41) is 4.35. The van der Waals surface area contributed by atoms with Crippen LogP contribution in [0.1, 0.15) is 28.9 Å². The minimum atomic E-state index is -0.407. The number of benzene rings is 2. The molecular formula is C20H22N2O2. The standard InChI is InChI=1S/C20H22N2O2/c1-14(13-24-2)22-19(15-8-4-3-5-9-15)20(23)17-12-21-18-11-7-6-10-16(17)18/h3-12,14,19,21-22H,13H2,1-2H3/t14-,19+/m0/s1. The lowest BCUT2D eigenvalue weighted by molar-refractivity contribution is 0.0922. The van der Waals surface area contributed by atoms with Crippen molar-refractivity contribution in [1.82, 2.24) is 10.3 Å². The van der Waals surface area contributed by atoms with Gasteiger partial charge in [0, 0.05) is 35.8 Å². The number of hydrogen-bond donors (Lipinski definition) is 2. The van der Waals surface area contributed by atoms with Gasteiger partial charge in [-0.15, -0.1) is 0 Å². The third kappa shape index (κ3) is 3.40. The second kappa shape index (κ2) is 7.43. The molecule has 124 valence electrons. The molecule has 0 unspecified atom stereocenters. The molecular weight excluding hydrogens is 300 g/mol. The summed E-state index contributed by atoms with van der Waals surface area (Å²) in [5.74, 6) is 0.0570. The van der Waals surface area contributed by atoms with Gasteiger partial charge in [-0.2, -0.15) is 0 Å². The van der Waals surface area contributed by atoms with Gasteiger partial charge in [-0.05, 0) is 18.6 Å². The molecule has 24 heavy (non-hydrogen) atoms. The van der Waals surface area contributed by atoms with Gasteiger partial charge in [-0.3, -0.25) is 10.1 Å². The fraction of sp³-hybridized carbons (Fsp3) is 0.250. The first kappa shape index (κ1) is 16.4. The third-order valence-corrected chi connectivity index (χ3v) is 4.12. The van der Waals surface area contributed by atoms with Crippen molar-refractivity contribution in [3.63, 3.8) is 0 Å². The second-order valence-electron chi connectivity index (χ2n) is 5.98. The van der Waals surface area contributed by atoms with Crippen LogP contribution in [-0.2, 0) is 4.74 Å². The topological polar surface area (TPSA) is 54.1 Å². The highest BCUT2D eigenvalue weighted by Crippen LogP contribution is 2.25. The van der Waals surface area contributed by atoms with Gasteiger partial charge in [0.15, 0.2) is 5.78 Å². The van der Waals surface area contributed by atoms with Gasteiger partial charge in [0.05, 0.1) is 12.6 Å². The van der Waals surface area contributed by atoms with E-state index in [9.17, 15) is 4.79 Å². The Labute approximate surface area is 141 Å². The van der Waals surface area contributed by atoms with Crippen LogP contribution in [0.4, 0.5) is 0 Å². The molecule has 4 heteroatoms. The molecule has 3 rings (SSSR count). The molecule has 0 aliphatic rings. The van der Waals surface area contributed by atoms with Gasteiger partial charge < -0.3 is 9.72 Å². The summed E-state index contributed by atoms with van der Waals surface area (Å²) in [6.45, 7) is 2.56. The first-order valence-corrected chi connectivity index (χ1v) is 8.11.